The Balaban J connectivity index is 0.000000845. The SMILES string of the molecule is Cl.O=S(=O)=C1Cc2ccccc2N1. The van der Waals surface area contributed by atoms with Crippen LogP contribution in [0.3, 0.4) is 0 Å². The van der Waals surface area contributed by atoms with E-state index >= 15 is 0 Å². The average Bonchev–Trinajstić information content (AvgIpc) is 2.46. The Morgan fingerprint density at radius 3 is 2.54 bits per heavy atom. The lowest BCUT2D eigenvalue weighted by molar-refractivity contribution is 0.627. The molecule has 0 radical (unpaired) electrons. The molecular formula is C8H8ClNO2S. The van der Waals surface area contributed by atoms with E-state index in [1.807, 2.05) is 24.3 Å². The number of hydrogen-bond acceptors (Lipinski definition) is 2. The van der Waals surface area contributed by atoms with Crippen molar-refractivity contribution in [3.8, 4) is 0 Å². The third kappa shape index (κ3) is 1.84. The number of fused-ring (bicyclic) bond motifs is 1. The Bertz CT molecular complexity index is 418. The van der Waals surface area contributed by atoms with Gasteiger partial charge in [-0.3, -0.25) is 0 Å². The first-order chi connectivity index (χ1) is 5.77. The summed E-state index contributed by atoms with van der Waals surface area (Å²) in [6, 6.07) is 7.57. The minimum Gasteiger partial charge on any atom is -0.346 e. The third-order valence-electron chi connectivity index (χ3n) is 1.84. The second kappa shape index (κ2) is 3.81. The smallest absolute Gasteiger partial charge is 0.234 e. The summed E-state index contributed by atoms with van der Waals surface area (Å²) in [7, 11) is -2.11. The molecule has 2 rings (SSSR count). The molecule has 1 aliphatic heterocycles. The Hall–Kier alpha value is -1.00. The molecule has 1 heterocycles. The van der Waals surface area contributed by atoms with Gasteiger partial charge in [-0.15, -0.1) is 12.4 Å². The van der Waals surface area contributed by atoms with Crippen molar-refractivity contribution in [2.75, 3.05) is 5.32 Å². The number of halogens is 1. The molecule has 0 atom stereocenters. The minimum absolute atomic E-state index is 0. The summed E-state index contributed by atoms with van der Waals surface area (Å²) in [5.41, 5.74) is 1.94. The molecule has 13 heavy (non-hydrogen) atoms. The summed E-state index contributed by atoms with van der Waals surface area (Å²) >= 11 is 0. The first kappa shape index (κ1) is 10.1. The Labute approximate surface area is 83.7 Å². The molecule has 0 aliphatic carbocycles. The van der Waals surface area contributed by atoms with Crippen LogP contribution in [0.4, 0.5) is 5.69 Å². The van der Waals surface area contributed by atoms with Gasteiger partial charge in [-0.1, -0.05) is 18.2 Å². The zero-order chi connectivity index (χ0) is 8.55. The predicted molar refractivity (Wildman–Crippen MR) is 54.9 cm³/mol. The topological polar surface area (TPSA) is 46.2 Å². The molecule has 0 unspecified atom stereocenters. The van der Waals surface area contributed by atoms with Gasteiger partial charge in [0.1, 0.15) is 4.99 Å². The number of hydrogen-bond donors (Lipinski definition) is 1. The normalized spacial score (nSPS) is 12.8. The molecule has 0 saturated carbocycles. The van der Waals surface area contributed by atoms with Crippen LogP contribution >= 0.6 is 12.4 Å². The van der Waals surface area contributed by atoms with Crippen molar-refractivity contribution in [2.45, 2.75) is 6.42 Å². The van der Waals surface area contributed by atoms with Crippen molar-refractivity contribution in [3.63, 3.8) is 0 Å². The summed E-state index contributed by atoms with van der Waals surface area (Å²) in [6.07, 6.45) is 0.492. The van der Waals surface area contributed by atoms with E-state index in [0.717, 1.165) is 11.3 Å². The highest BCUT2D eigenvalue weighted by Gasteiger charge is 2.15. The van der Waals surface area contributed by atoms with Crippen LogP contribution in [0.1, 0.15) is 5.56 Å². The molecule has 1 aromatic rings. The maximum Gasteiger partial charge on any atom is 0.234 e. The quantitative estimate of drug-likeness (QED) is 0.662. The fraction of sp³-hybridized carbons (Fsp3) is 0.125. The Morgan fingerprint density at radius 2 is 1.92 bits per heavy atom. The van der Waals surface area contributed by atoms with Crippen LogP contribution in [-0.4, -0.2) is 13.4 Å². The largest absolute Gasteiger partial charge is 0.346 e. The van der Waals surface area contributed by atoms with Crippen molar-refractivity contribution in [2.24, 2.45) is 0 Å². The first-order valence-corrected chi connectivity index (χ1v) is 4.65. The highest BCUT2D eigenvalue weighted by molar-refractivity contribution is 7.73. The fourth-order valence-corrected chi connectivity index (χ4v) is 1.73. The van der Waals surface area contributed by atoms with Gasteiger partial charge >= 0.3 is 0 Å². The highest BCUT2D eigenvalue weighted by Crippen LogP contribution is 2.21. The number of para-hydroxylation sites is 1. The Kier molecular flexibility index (Phi) is 2.95. The van der Waals surface area contributed by atoms with Crippen molar-refractivity contribution in [1.29, 1.82) is 0 Å². The van der Waals surface area contributed by atoms with Crippen LogP contribution in [0.2, 0.25) is 0 Å². The van der Waals surface area contributed by atoms with E-state index < -0.39 is 10.3 Å². The third-order valence-corrected chi connectivity index (χ3v) is 2.49. The summed E-state index contributed by atoms with van der Waals surface area (Å²) in [5.74, 6) is 0. The second-order valence-electron chi connectivity index (χ2n) is 2.62. The summed E-state index contributed by atoms with van der Waals surface area (Å²) in [4.78, 5) is 0.358. The standard InChI is InChI=1S/C8H7NO2S.ClH/c10-12(11)8-5-6-3-1-2-4-7(6)9-8;/h1-4,9H,5H2;1H. The van der Waals surface area contributed by atoms with Gasteiger partial charge in [0.15, 0.2) is 0 Å². The van der Waals surface area contributed by atoms with E-state index in [4.69, 9.17) is 0 Å². The second-order valence-corrected chi connectivity index (χ2v) is 3.58. The molecule has 1 N–H and O–H groups in total. The average molecular weight is 218 g/mol. The predicted octanol–water partition coefficient (Wildman–Crippen LogP) is 1.09. The van der Waals surface area contributed by atoms with Crippen LogP contribution in [-0.2, 0) is 16.7 Å². The van der Waals surface area contributed by atoms with Gasteiger partial charge in [-0.25, -0.2) is 0 Å². The van der Waals surface area contributed by atoms with Gasteiger partial charge < -0.3 is 5.32 Å². The molecule has 0 spiro atoms. The van der Waals surface area contributed by atoms with Crippen molar-refractivity contribution < 1.29 is 8.42 Å². The molecule has 5 heteroatoms. The summed E-state index contributed by atoms with van der Waals surface area (Å²) in [6.45, 7) is 0. The molecule has 70 valence electrons. The van der Waals surface area contributed by atoms with E-state index in [1.165, 1.54) is 0 Å². The zero-order valence-corrected chi connectivity index (χ0v) is 8.28. The molecule has 0 aromatic heterocycles. The maximum absolute atomic E-state index is 10.6. The first-order valence-electron chi connectivity index (χ1n) is 3.57. The van der Waals surface area contributed by atoms with Crippen LogP contribution in [0.25, 0.3) is 0 Å². The fourth-order valence-electron chi connectivity index (χ4n) is 1.26. The molecular weight excluding hydrogens is 210 g/mol. The van der Waals surface area contributed by atoms with Crippen LogP contribution in [0.15, 0.2) is 24.3 Å². The van der Waals surface area contributed by atoms with Gasteiger partial charge in [0, 0.05) is 12.1 Å². The van der Waals surface area contributed by atoms with Crippen LogP contribution in [0, 0.1) is 0 Å². The van der Waals surface area contributed by atoms with Gasteiger partial charge in [-0.2, -0.15) is 8.42 Å². The van der Waals surface area contributed by atoms with Crippen molar-refractivity contribution in [3.05, 3.63) is 29.8 Å². The monoisotopic (exact) mass is 217 g/mol. The number of nitrogens with one attached hydrogen (secondary N) is 1. The summed E-state index contributed by atoms with van der Waals surface area (Å²) < 4.78 is 21.1. The van der Waals surface area contributed by atoms with Gasteiger partial charge in [-0.05, 0) is 11.6 Å². The lowest BCUT2D eigenvalue weighted by Crippen LogP contribution is -2.06. The highest BCUT2D eigenvalue weighted by atomic mass is 35.5. The minimum atomic E-state index is -2.11. The molecule has 3 nitrogen and oxygen atoms in total. The van der Waals surface area contributed by atoms with E-state index in [-0.39, 0.29) is 12.4 Å². The van der Waals surface area contributed by atoms with E-state index in [2.05, 4.69) is 5.32 Å². The van der Waals surface area contributed by atoms with Crippen molar-refractivity contribution in [1.82, 2.24) is 0 Å². The molecule has 0 bridgehead atoms. The van der Waals surface area contributed by atoms with E-state index in [0.29, 0.717) is 11.4 Å². The van der Waals surface area contributed by atoms with Gasteiger partial charge in [0.25, 0.3) is 0 Å². The molecule has 1 aliphatic rings. The lowest BCUT2D eigenvalue weighted by Gasteiger charge is -1.94. The van der Waals surface area contributed by atoms with Gasteiger partial charge in [0.05, 0.1) is 0 Å². The van der Waals surface area contributed by atoms with Crippen molar-refractivity contribution >= 4 is 33.4 Å². The zero-order valence-electron chi connectivity index (χ0n) is 6.65. The Morgan fingerprint density at radius 1 is 1.23 bits per heavy atom. The number of rotatable bonds is 0. The molecule has 0 fully saturated rings. The lowest BCUT2D eigenvalue weighted by atomic mass is 10.2. The maximum atomic E-state index is 10.6. The summed E-state index contributed by atoms with van der Waals surface area (Å²) in [5, 5.41) is 2.84. The van der Waals surface area contributed by atoms with E-state index in [1.54, 1.807) is 0 Å². The molecule has 0 amide bonds. The van der Waals surface area contributed by atoms with E-state index in [9.17, 15) is 8.42 Å². The number of benzene rings is 1. The van der Waals surface area contributed by atoms with Crippen LogP contribution in [0.5, 0.6) is 0 Å². The van der Waals surface area contributed by atoms with Gasteiger partial charge in [0.2, 0.25) is 10.3 Å². The molecule has 0 saturated heterocycles. The molecule has 1 aromatic carbocycles. The van der Waals surface area contributed by atoms with Crippen LogP contribution < -0.4 is 5.32 Å². The number of anilines is 1.